The van der Waals surface area contributed by atoms with E-state index in [1.165, 1.54) is 0 Å². The number of carbonyl (C=O) groups is 3. The molecule has 3 heterocycles. The number of ether oxygens (including phenoxy) is 1. The van der Waals surface area contributed by atoms with Crippen molar-refractivity contribution in [1.82, 2.24) is 19.8 Å². The molecule has 3 aliphatic rings. The predicted molar refractivity (Wildman–Crippen MR) is 163 cm³/mol. The van der Waals surface area contributed by atoms with Gasteiger partial charge in [-0.15, -0.1) is 0 Å². The van der Waals surface area contributed by atoms with E-state index >= 15 is 0 Å². The highest BCUT2D eigenvalue weighted by atomic mass is 16.5. The Morgan fingerprint density at radius 2 is 1.74 bits per heavy atom. The Labute approximate surface area is 253 Å². The summed E-state index contributed by atoms with van der Waals surface area (Å²) in [6, 6.07) is 16.9. The van der Waals surface area contributed by atoms with Gasteiger partial charge in [-0.25, -0.2) is 4.98 Å². The summed E-state index contributed by atoms with van der Waals surface area (Å²) in [7, 11) is 0. The maximum Gasteiger partial charge on any atom is 0.312 e. The van der Waals surface area contributed by atoms with E-state index in [0.717, 1.165) is 49.2 Å². The molecular weight excluding hydrogens is 542 g/mol. The van der Waals surface area contributed by atoms with Gasteiger partial charge in [-0.05, 0) is 63.8 Å². The molecule has 0 unspecified atom stereocenters. The molecule has 1 saturated heterocycles. The second-order valence-electron chi connectivity index (χ2n) is 13.0. The Kier molecular flexibility index (Phi) is 7.99. The summed E-state index contributed by atoms with van der Waals surface area (Å²) in [5.74, 6) is 0.315. The number of imidazole rings is 1. The summed E-state index contributed by atoms with van der Waals surface area (Å²) in [6.45, 7) is 6.22. The van der Waals surface area contributed by atoms with Gasteiger partial charge in [0.25, 0.3) is 5.91 Å². The molecule has 43 heavy (non-hydrogen) atoms. The van der Waals surface area contributed by atoms with Crippen LogP contribution >= 0.6 is 0 Å². The van der Waals surface area contributed by atoms with Gasteiger partial charge in [-0.3, -0.25) is 19.0 Å². The number of likely N-dealkylation sites (tertiary alicyclic amines) is 1. The first-order valence-electron chi connectivity index (χ1n) is 15.4. The predicted octanol–water partition coefficient (Wildman–Crippen LogP) is 5.48. The minimum absolute atomic E-state index is 0.0795. The second-order valence-corrected chi connectivity index (χ2v) is 13.0. The average molecular weight is 584 g/mol. The first kappa shape index (κ1) is 29.0. The molecule has 9 heteroatoms. The largest absolute Gasteiger partial charge is 0.443 e. The van der Waals surface area contributed by atoms with Crippen molar-refractivity contribution >= 4 is 23.5 Å². The molecule has 2 N–H and O–H groups in total. The Hall–Kier alpha value is -4.14. The highest BCUT2D eigenvalue weighted by Gasteiger charge is 2.49. The van der Waals surface area contributed by atoms with E-state index in [9.17, 15) is 14.4 Å². The maximum absolute atomic E-state index is 14.4. The lowest BCUT2D eigenvalue weighted by molar-refractivity contribution is -0.157. The van der Waals surface area contributed by atoms with Gasteiger partial charge in [0, 0.05) is 42.1 Å². The third-order valence-electron chi connectivity index (χ3n) is 9.15. The average Bonchev–Trinajstić information content (AvgIpc) is 3.67. The van der Waals surface area contributed by atoms with E-state index in [2.05, 4.69) is 27.7 Å². The standard InChI is InChI=1S/C34H41N5O4/c1-34(2,3)33(42)43-21-38-20-18-35-30(38)28-25-17-19-39(29(25)23-13-7-9-15-26(23)36-28)32(41)24-14-8-10-16-27(24)37-31(40)22-11-5-4-6-12-22/h4-7,9,11-13,15,18,20,24-25,27-29,36H,8,10,14,16-17,19,21H2,1-3H3,(H,37,40)/t24-,25-,27+,28-,29+/m0/s1. The first-order chi connectivity index (χ1) is 20.7. The molecule has 1 aliphatic carbocycles. The fourth-order valence-corrected chi connectivity index (χ4v) is 6.93. The van der Waals surface area contributed by atoms with Gasteiger partial charge < -0.3 is 20.3 Å². The lowest BCUT2D eigenvalue weighted by Gasteiger charge is -2.41. The molecule has 1 aromatic heterocycles. The van der Waals surface area contributed by atoms with Gasteiger partial charge in [0.1, 0.15) is 5.82 Å². The van der Waals surface area contributed by atoms with E-state index in [1.54, 1.807) is 18.3 Å². The lowest BCUT2D eigenvalue weighted by Crippen LogP contribution is -2.50. The summed E-state index contributed by atoms with van der Waals surface area (Å²) in [5, 5.41) is 6.90. The number of aromatic nitrogens is 2. The summed E-state index contributed by atoms with van der Waals surface area (Å²) in [6.07, 6.45) is 7.90. The Bertz CT molecular complexity index is 1480. The number of nitrogens with zero attached hydrogens (tertiary/aromatic N) is 3. The van der Waals surface area contributed by atoms with Crippen molar-refractivity contribution in [3.63, 3.8) is 0 Å². The molecule has 0 radical (unpaired) electrons. The zero-order valence-corrected chi connectivity index (χ0v) is 25.2. The molecule has 9 nitrogen and oxygen atoms in total. The van der Waals surface area contributed by atoms with Crippen LogP contribution in [0.5, 0.6) is 0 Å². The van der Waals surface area contributed by atoms with Gasteiger partial charge in [0.15, 0.2) is 6.73 Å². The van der Waals surface area contributed by atoms with Crippen LogP contribution < -0.4 is 10.6 Å². The number of hydrogen-bond donors (Lipinski definition) is 2. The van der Waals surface area contributed by atoms with Crippen molar-refractivity contribution in [2.45, 2.75) is 77.7 Å². The first-order valence-corrected chi connectivity index (χ1v) is 15.4. The zero-order valence-electron chi connectivity index (χ0n) is 25.2. The number of fused-ring (bicyclic) bond motifs is 3. The number of hydrogen-bond acceptors (Lipinski definition) is 6. The molecule has 3 aromatic rings. The molecule has 2 aliphatic heterocycles. The van der Waals surface area contributed by atoms with Crippen LogP contribution in [0.4, 0.5) is 5.69 Å². The Balaban J connectivity index is 1.25. The Morgan fingerprint density at radius 3 is 2.53 bits per heavy atom. The van der Waals surface area contributed by atoms with Crippen LogP contribution in [0, 0.1) is 17.3 Å². The maximum atomic E-state index is 14.4. The third kappa shape index (κ3) is 5.77. The van der Waals surface area contributed by atoms with E-state index in [-0.39, 0.29) is 54.5 Å². The highest BCUT2D eigenvalue weighted by molar-refractivity contribution is 5.95. The van der Waals surface area contributed by atoms with E-state index in [1.807, 2.05) is 61.9 Å². The quantitative estimate of drug-likeness (QED) is 0.373. The molecule has 5 atom stereocenters. The minimum atomic E-state index is -0.599. The van der Waals surface area contributed by atoms with Crippen molar-refractivity contribution in [3.05, 3.63) is 83.9 Å². The summed E-state index contributed by atoms with van der Waals surface area (Å²) in [4.78, 5) is 46.7. The number of benzene rings is 2. The van der Waals surface area contributed by atoms with Crippen LogP contribution in [0.1, 0.15) is 86.7 Å². The van der Waals surface area contributed by atoms with Crippen molar-refractivity contribution in [1.29, 1.82) is 0 Å². The molecule has 0 bridgehead atoms. The molecule has 0 spiro atoms. The number of rotatable bonds is 6. The molecular formula is C34H41N5O4. The molecule has 1 saturated carbocycles. The van der Waals surface area contributed by atoms with Gasteiger partial charge in [-0.2, -0.15) is 0 Å². The molecule has 226 valence electrons. The smallest absolute Gasteiger partial charge is 0.312 e. The number of esters is 1. The summed E-state index contributed by atoms with van der Waals surface area (Å²) in [5.41, 5.74) is 2.09. The minimum Gasteiger partial charge on any atom is -0.443 e. The third-order valence-corrected chi connectivity index (χ3v) is 9.15. The number of anilines is 1. The summed E-state index contributed by atoms with van der Waals surface area (Å²) < 4.78 is 7.52. The van der Waals surface area contributed by atoms with E-state index in [0.29, 0.717) is 12.1 Å². The number of nitrogens with one attached hydrogen (secondary N) is 2. The van der Waals surface area contributed by atoms with Gasteiger partial charge in [0.2, 0.25) is 5.91 Å². The van der Waals surface area contributed by atoms with Gasteiger partial charge in [0.05, 0.1) is 23.4 Å². The number of amides is 2. The van der Waals surface area contributed by atoms with Gasteiger partial charge >= 0.3 is 5.97 Å². The molecule has 6 rings (SSSR count). The van der Waals surface area contributed by atoms with Crippen molar-refractivity contribution < 1.29 is 19.1 Å². The van der Waals surface area contributed by atoms with Crippen LogP contribution in [0.2, 0.25) is 0 Å². The topological polar surface area (TPSA) is 106 Å². The van der Waals surface area contributed by atoms with Crippen LogP contribution in [-0.4, -0.2) is 44.8 Å². The van der Waals surface area contributed by atoms with Gasteiger partial charge in [-0.1, -0.05) is 49.2 Å². The molecule has 2 fully saturated rings. The second kappa shape index (κ2) is 11.9. The number of para-hydroxylation sites is 1. The van der Waals surface area contributed by atoms with Crippen LogP contribution in [0.15, 0.2) is 67.0 Å². The molecule has 2 amide bonds. The van der Waals surface area contributed by atoms with Crippen LogP contribution in [0.3, 0.4) is 0 Å². The van der Waals surface area contributed by atoms with Crippen molar-refractivity contribution in [2.24, 2.45) is 17.3 Å². The van der Waals surface area contributed by atoms with Crippen LogP contribution in [0.25, 0.3) is 0 Å². The Morgan fingerprint density at radius 1 is 1.00 bits per heavy atom. The van der Waals surface area contributed by atoms with Crippen molar-refractivity contribution in [2.75, 3.05) is 11.9 Å². The van der Waals surface area contributed by atoms with Crippen molar-refractivity contribution in [3.8, 4) is 0 Å². The van der Waals surface area contributed by atoms with E-state index in [4.69, 9.17) is 9.72 Å². The lowest BCUT2D eigenvalue weighted by atomic mass is 9.80. The van der Waals surface area contributed by atoms with E-state index < -0.39 is 5.41 Å². The highest BCUT2D eigenvalue weighted by Crippen LogP contribution is 2.51. The monoisotopic (exact) mass is 583 g/mol. The zero-order chi connectivity index (χ0) is 30.1. The summed E-state index contributed by atoms with van der Waals surface area (Å²) >= 11 is 0. The van der Waals surface area contributed by atoms with Crippen LogP contribution in [-0.2, 0) is 21.1 Å². The fraction of sp³-hybridized carbons (Fsp3) is 0.471. The fourth-order valence-electron chi connectivity index (χ4n) is 6.93. The SMILES string of the molecule is CC(C)(C)C(=O)OCn1ccnc1[C@H]1Nc2ccccc2[C@@H]2[C@H]1CCN2C(=O)[C@H]1CCCC[C@H]1NC(=O)c1ccccc1. The molecule has 2 aromatic carbocycles. The normalized spacial score (nSPS) is 24.8. The number of carbonyl (C=O) groups excluding carboxylic acids is 3.